The van der Waals surface area contributed by atoms with E-state index in [4.69, 9.17) is 0 Å². The number of carbonyl (C=O) groups excluding carboxylic acids is 1. The van der Waals surface area contributed by atoms with Crippen molar-refractivity contribution in [3.63, 3.8) is 0 Å². The van der Waals surface area contributed by atoms with Gasteiger partial charge >= 0.3 is 0 Å². The fourth-order valence-corrected chi connectivity index (χ4v) is 2.44. The van der Waals surface area contributed by atoms with Gasteiger partial charge < -0.3 is 16.0 Å². The van der Waals surface area contributed by atoms with Crippen LogP contribution in [0.1, 0.15) is 47.5 Å². The molecule has 21 heavy (non-hydrogen) atoms. The van der Waals surface area contributed by atoms with Gasteiger partial charge in [-0.05, 0) is 12.8 Å². The average molecular weight is 298 g/mol. The van der Waals surface area contributed by atoms with Crippen molar-refractivity contribution in [3.05, 3.63) is 0 Å². The smallest absolute Gasteiger partial charge is 0.190 e. The fraction of sp³-hybridized carbons (Fsp3) is 0.875. The summed E-state index contributed by atoms with van der Waals surface area (Å²) in [5.41, 5.74) is 0. The topological polar surface area (TPSA) is 65.5 Å². The summed E-state index contributed by atoms with van der Waals surface area (Å²) >= 11 is 0. The molecule has 3 N–H and O–H groups in total. The van der Waals surface area contributed by atoms with Crippen molar-refractivity contribution in [3.8, 4) is 0 Å². The molecule has 0 aliphatic rings. The zero-order chi connectivity index (χ0) is 16.4. The zero-order valence-corrected chi connectivity index (χ0v) is 14.8. The van der Waals surface area contributed by atoms with Gasteiger partial charge in [-0.1, -0.05) is 34.6 Å². The van der Waals surface area contributed by atoms with E-state index < -0.39 is 0 Å². The van der Waals surface area contributed by atoms with Crippen LogP contribution in [0.2, 0.25) is 0 Å². The molecule has 0 aromatic rings. The Bertz CT molecular complexity index is 326. The molecule has 0 heterocycles. The number of nitrogens with one attached hydrogen (secondary N) is 3. The van der Waals surface area contributed by atoms with Gasteiger partial charge in [0, 0.05) is 44.6 Å². The first kappa shape index (κ1) is 19.9. The molecule has 5 heteroatoms. The van der Waals surface area contributed by atoms with E-state index in [0.29, 0.717) is 11.8 Å². The van der Waals surface area contributed by atoms with Crippen LogP contribution in [0.5, 0.6) is 0 Å². The maximum Gasteiger partial charge on any atom is 0.190 e. The van der Waals surface area contributed by atoms with Crippen LogP contribution >= 0.6 is 0 Å². The largest absolute Gasteiger partial charge is 0.359 e. The monoisotopic (exact) mass is 298 g/mol. The minimum Gasteiger partial charge on any atom is -0.359 e. The first-order valence-electron chi connectivity index (χ1n) is 8.01. The summed E-state index contributed by atoms with van der Waals surface area (Å²) in [6.07, 6.45) is 1.98. The number of nitrogens with zero attached hydrogens (tertiary/aromatic N) is 1. The minimum atomic E-state index is 0.0519. The Balaban J connectivity index is 4.40. The highest BCUT2D eigenvalue weighted by Gasteiger charge is 2.25. The van der Waals surface area contributed by atoms with Crippen LogP contribution in [-0.2, 0) is 4.79 Å². The van der Waals surface area contributed by atoms with E-state index in [1.807, 2.05) is 27.8 Å². The Morgan fingerprint density at radius 3 is 2.19 bits per heavy atom. The molecule has 0 aromatic heterocycles. The van der Waals surface area contributed by atoms with Crippen LogP contribution in [0.25, 0.3) is 0 Å². The maximum atomic E-state index is 12.2. The number of ketones is 1. The van der Waals surface area contributed by atoms with E-state index in [2.05, 4.69) is 34.8 Å². The molecule has 0 spiro atoms. The van der Waals surface area contributed by atoms with Gasteiger partial charge in [0.15, 0.2) is 5.96 Å². The molecule has 0 fully saturated rings. The van der Waals surface area contributed by atoms with Crippen LogP contribution < -0.4 is 16.0 Å². The van der Waals surface area contributed by atoms with Crippen molar-refractivity contribution in [2.45, 2.75) is 59.5 Å². The number of aliphatic imine (C=N–C) groups is 1. The van der Waals surface area contributed by atoms with Crippen molar-refractivity contribution in [2.24, 2.45) is 16.8 Å². The molecule has 2 atom stereocenters. The second-order valence-corrected chi connectivity index (χ2v) is 6.16. The SMILES string of the molecule is C/N=C(\NC)NCCC[C@H](NC(C)C)C(C)C(=O)C(C)C. The highest BCUT2D eigenvalue weighted by molar-refractivity contribution is 5.83. The molecular weight excluding hydrogens is 264 g/mol. The van der Waals surface area contributed by atoms with Crippen molar-refractivity contribution in [1.29, 1.82) is 0 Å². The Hall–Kier alpha value is -1.10. The van der Waals surface area contributed by atoms with E-state index in [1.54, 1.807) is 7.05 Å². The Morgan fingerprint density at radius 2 is 1.76 bits per heavy atom. The predicted molar refractivity (Wildman–Crippen MR) is 90.7 cm³/mol. The Kier molecular flexibility index (Phi) is 10.0. The maximum absolute atomic E-state index is 12.2. The molecule has 0 aliphatic heterocycles. The summed E-state index contributed by atoms with van der Waals surface area (Å²) in [6.45, 7) is 11.1. The molecule has 0 saturated carbocycles. The second-order valence-electron chi connectivity index (χ2n) is 6.16. The molecule has 0 radical (unpaired) electrons. The molecule has 0 aliphatic carbocycles. The molecule has 0 bridgehead atoms. The number of guanidine groups is 1. The average Bonchev–Trinajstić information content (AvgIpc) is 2.44. The fourth-order valence-electron chi connectivity index (χ4n) is 2.44. The molecule has 0 amide bonds. The van der Waals surface area contributed by atoms with E-state index in [1.165, 1.54) is 0 Å². The lowest BCUT2D eigenvalue weighted by Crippen LogP contribution is -2.44. The van der Waals surface area contributed by atoms with Gasteiger partial charge in [0.1, 0.15) is 5.78 Å². The van der Waals surface area contributed by atoms with Crippen molar-refractivity contribution >= 4 is 11.7 Å². The highest BCUT2D eigenvalue weighted by Crippen LogP contribution is 2.15. The standard InChI is InChI=1S/C16H34N4O/c1-11(2)15(21)13(5)14(20-12(3)4)9-8-10-19-16(17-6)18-7/h11-14,20H,8-10H2,1-7H3,(H2,17,18,19)/t13?,14-/m0/s1. The van der Waals surface area contributed by atoms with Crippen molar-refractivity contribution in [2.75, 3.05) is 20.6 Å². The molecule has 124 valence electrons. The molecule has 0 saturated heterocycles. The number of hydrogen-bond donors (Lipinski definition) is 3. The lowest BCUT2D eigenvalue weighted by molar-refractivity contribution is -0.126. The Labute approximate surface area is 130 Å². The molecule has 0 rings (SSSR count). The van der Waals surface area contributed by atoms with Crippen LogP contribution in [-0.4, -0.2) is 44.5 Å². The lowest BCUT2D eigenvalue weighted by Gasteiger charge is -2.27. The third-order valence-electron chi connectivity index (χ3n) is 3.61. The van der Waals surface area contributed by atoms with Gasteiger partial charge in [-0.25, -0.2) is 0 Å². The Morgan fingerprint density at radius 1 is 1.14 bits per heavy atom. The van der Waals surface area contributed by atoms with Crippen molar-refractivity contribution < 1.29 is 4.79 Å². The molecular formula is C16H34N4O. The first-order valence-corrected chi connectivity index (χ1v) is 8.01. The molecule has 5 nitrogen and oxygen atoms in total. The van der Waals surface area contributed by atoms with Crippen LogP contribution in [0, 0.1) is 11.8 Å². The summed E-state index contributed by atoms with van der Waals surface area (Å²) in [4.78, 5) is 16.3. The predicted octanol–water partition coefficient (Wildman–Crippen LogP) is 1.79. The summed E-state index contributed by atoms with van der Waals surface area (Å²) in [6, 6.07) is 0.619. The summed E-state index contributed by atoms with van der Waals surface area (Å²) in [5, 5.41) is 9.78. The summed E-state index contributed by atoms with van der Waals surface area (Å²) in [5.74, 6) is 1.29. The highest BCUT2D eigenvalue weighted by atomic mass is 16.1. The van der Waals surface area contributed by atoms with E-state index in [-0.39, 0.29) is 17.9 Å². The number of rotatable bonds is 9. The second kappa shape index (κ2) is 10.6. The van der Waals surface area contributed by atoms with Gasteiger partial charge in [0.05, 0.1) is 0 Å². The van der Waals surface area contributed by atoms with Gasteiger partial charge in [0.2, 0.25) is 0 Å². The zero-order valence-electron chi connectivity index (χ0n) is 14.8. The third kappa shape index (κ3) is 8.05. The van der Waals surface area contributed by atoms with Crippen LogP contribution in [0.15, 0.2) is 4.99 Å². The van der Waals surface area contributed by atoms with Crippen molar-refractivity contribution in [1.82, 2.24) is 16.0 Å². The third-order valence-corrected chi connectivity index (χ3v) is 3.61. The van der Waals surface area contributed by atoms with Gasteiger partial charge in [-0.2, -0.15) is 0 Å². The van der Waals surface area contributed by atoms with Gasteiger partial charge in [-0.15, -0.1) is 0 Å². The minimum absolute atomic E-state index is 0.0519. The molecule has 1 unspecified atom stereocenters. The number of carbonyl (C=O) groups is 1. The van der Waals surface area contributed by atoms with E-state index in [0.717, 1.165) is 25.3 Å². The van der Waals surface area contributed by atoms with Crippen LogP contribution in [0.4, 0.5) is 0 Å². The van der Waals surface area contributed by atoms with Gasteiger partial charge in [0.25, 0.3) is 0 Å². The number of Topliss-reactive ketones (excluding diaryl/α,β-unsaturated/α-hetero) is 1. The van der Waals surface area contributed by atoms with E-state index >= 15 is 0 Å². The quantitative estimate of drug-likeness (QED) is 0.345. The lowest BCUT2D eigenvalue weighted by atomic mass is 9.87. The van der Waals surface area contributed by atoms with E-state index in [9.17, 15) is 4.79 Å². The first-order chi connectivity index (χ1) is 9.83. The van der Waals surface area contributed by atoms with Crippen LogP contribution in [0.3, 0.4) is 0 Å². The number of hydrogen-bond acceptors (Lipinski definition) is 3. The normalized spacial score (nSPS) is 15.2. The molecule has 0 aromatic carbocycles. The summed E-state index contributed by atoms with van der Waals surface area (Å²) in [7, 11) is 3.60. The summed E-state index contributed by atoms with van der Waals surface area (Å²) < 4.78 is 0. The van der Waals surface area contributed by atoms with Gasteiger partial charge in [-0.3, -0.25) is 9.79 Å².